The maximum absolute atomic E-state index is 5.10. The van der Waals surface area contributed by atoms with Crippen LogP contribution in [0.25, 0.3) is 88.4 Å². The van der Waals surface area contributed by atoms with Gasteiger partial charge < -0.3 is 9.13 Å². The molecule has 234 valence electrons. The highest BCUT2D eigenvalue weighted by molar-refractivity contribution is 6.14. The number of nitrogens with zero attached hydrogens (tertiary/aromatic N) is 6. The zero-order valence-corrected chi connectivity index (χ0v) is 26.8. The molecule has 6 heteroatoms. The Morgan fingerprint density at radius 3 is 1.20 bits per heavy atom. The molecule has 0 radical (unpaired) electrons. The molecule has 0 amide bonds. The van der Waals surface area contributed by atoms with Gasteiger partial charge in [-0.2, -0.15) is 0 Å². The van der Waals surface area contributed by atoms with E-state index in [1.54, 1.807) is 0 Å². The van der Waals surface area contributed by atoms with Crippen molar-refractivity contribution in [3.05, 3.63) is 170 Å². The highest BCUT2D eigenvalue weighted by Crippen LogP contribution is 2.37. The van der Waals surface area contributed by atoms with Crippen LogP contribution in [0.4, 0.5) is 0 Å². The average molecular weight is 641 g/mol. The first-order chi connectivity index (χ1) is 24.8. The molecular weight excluding hydrogens is 613 g/mol. The van der Waals surface area contributed by atoms with Gasteiger partial charge in [0.2, 0.25) is 0 Å². The lowest BCUT2D eigenvalue weighted by atomic mass is 10.1. The standard InChI is InChI=1S/C44H28N6/c1-3-11-31(12-4-1)47-21-19-29-23-41-35(25-39(29)47)33-15-7-9-17-37(33)49(41)43-27-46-44(28-45-43)50-38-18-10-8-16-34(38)36-26-40-30(24-42(36)50)20-22-48(40)32-13-5-2-6-14-32/h1-28H. The van der Waals surface area contributed by atoms with Gasteiger partial charge in [0.1, 0.15) is 0 Å². The van der Waals surface area contributed by atoms with Gasteiger partial charge in [-0.05, 0) is 72.8 Å². The maximum atomic E-state index is 5.10. The first kappa shape index (κ1) is 27.1. The third-order valence-electron chi connectivity index (χ3n) is 10.1. The summed E-state index contributed by atoms with van der Waals surface area (Å²) in [4.78, 5) is 10.2. The van der Waals surface area contributed by atoms with Crippen molar-refractivity contribution < 1.29 is 0 Å². The normalized spacial score (nSPS) is 12.0. The van der Waals surface area contributed by atoms with Crippen molar-refractivity contribution in [3.8, 4) is 23.0 Å². The summed E-state index contributed by atoms with van der Waals surface area (Å²) in [7, 11) is 0. The molecule has 0 aliphatic rings. The summed E-state index contributed by atoms with van der Waals surface area (Å²) in [6.45, 7) is 0. The molecule has 0 aliphatic carbocycles. The first-order valence-corrected chi connectivity index (χ1v) is 16.8. The number of para-hydroxylation sites is 4. The van der Waals surface area contributed by atoms with Crippen LogP contribution in [0.15, 0.2) is 170 Å². The number of benzene rings is 6. The van der Waals surface area contributed by atoms with Gasteiger partial charge in [0.05, 0.1) is 45.5 Å². The number of fused-ring (bicyclic) bond motifs is 8. The van der Waals surface area contributed by atoms with Crippen LogP contribution in [-0.2, 0) is 0 Å². The fourth-order valence-electron chi connectivity index (χ4n) is 7.86. The van der Waals surface area contributed by atoms with Gasteiger partial charge in [-0.3, -0.25) is 9.13 Å². The Labute approximate surface area is 286 Å². The summed E-state index contributed by atoms with van der Waals surface area (Å²) in [6, 6.07) is 51.7. The summed E-state index contributed by atoms with van der Waals surface area (Å²) in [5, 5.41) is 7.09. The van der Waals surface area contributed by atoms with Gasteiger partial charge in [-0.25, -0.2) is 9.97 Å². The van der Waals surface area contributed by atoms with E-state index < -0.39 is 0 Å². The minimum atomic E-state index is 0.782. The number of aromatic nitrogens is 6. The maximum Gasteiger partial charge on any atom is 0.156 e. The van der Waals surface area contributed by atoms with Crippen molar-refractivity contribution in [2.45, 2.75) is 0 Å². The Kier molecular flexibility index (Phi) is 5.57. The minimum Gasteiger partial charge on any atom is -0.317 e. The second-order valence-corrected chi connectivity index (χ2v) is 12.8. The molecule has 0 saturated carbocycles. The van der Waals surface area contributed by atoms with E-state index in [-0.39, 0.29) is 0 Å². The second-order valence-electron chi connectivity index (χ2n) is 12.8. The van der Waals surface area contributed by atoms with Crippen LogP contribution in [0, 0.1) is 0 Å². The second kappa shape index (κ2) is 10.3. The Morgan fingerprint density at radius 2 is 0.760 bits per heavy atom. The average Bonchev–Trinajstić information content (AvgIpc) is 3.94. The Morgan fingerprint density at radius 1 is 0.340 bits per heavy atom. The molecule has 0 bridgehead atoms. The van der Waals surface area contributed by atoms with Crippen LogP contribution >= 0.6 is 0 Å². The zero-order chi connectivity index (χ0) is 32.8. The van der Waals surface area contributed by atoms with Gasteiger partial charge in [0, 0.05) is 56.1 Å². The summed E-state index contributed by atoms with van der Waals surface area (Å²) in [6.07, 6.45) is 8.11. The van der Waals surface area contributed by atoms with E-state index in [2.05, 4.69) is 176 Å². The summed E-state index contributed by atoms with van der Waals surface area (Å²) >= 11 is 0. The van der Waals surface area contributed by atoms with Gasteiger partial charge in [0.25, 0.3) is 0 Å². The van der Waals surface area contributed by atoms with Crippen LogP contribution < -0.4 is 0 Å². The van der Waals surface area contributed by atoms with Gasteiger partial charge in [0.15, 0.2) is 11.6 Å². The minimum absolute atomic E-state index is 0.782. The number of hydrogen-bond acceptors (Lipinski definition) is 2. The molecule has 0 fully saturated rings. The lowest BCUT2D eigenvalue weighted by molar-refractivity contribution is 0.989. The fraction of sp³-hybridized carbons (Fsp3) is 0. The molecule has 0 atom stereocenters. The molecule has 6 nitrogen and oxygen atoms in total. The molecule has 0 spiro atoms. The molecule has 5 heterocycles. The van der Waals surface area contributed by atoms with Crippen LogP contribution in [-0.4, -0.2) is 28.2 Å². The summed E-state index contributed by atoms with van der Waals surface area (Å²) < 4.78 is 8.99. The number of hydrogen-bond donors (Lipinski definition) is 0. The van der Waals surface area contributed by atoms with E-state index >= 15 is 0 Å². The van der Waals surface area contributed by atoms with E-state index in [4.69, 9.17) is 9.97 Å². The Bertz CT molecular complexity index is 2860. The van der Waals surface area contributed by atoms with Gasteiger partial charge in [-0.1, -0.05) is 72.8 Å². The Balaban J connectivity index is 1.08. The van der Waals surface area contributed by atoms with E-state index in [0.717, 1.165) is 45.1 Å². The monoisotopic (exact) mass is 640 g/mol. The molecular formula is C44H28N6. The fourth-order valence-corrected chi connectivity index (χ4v) is 7.86. The highest BCUT2D eigenvalue weighted by atomic mass is 15.1. The van der Waals surface area contributed by atoms with Gasteiger partial charge in [-0.15, -0.1) is 0 Å². The quantitative estimate of drug-likeness (QED) is 0.192. The van der Waals surface area contributed by atoms with Crippen LogP contribution in [0.3, 0.4) is 0 Å². The molecule has 6 aromatic carbocycles. The van der Waals surface area contributed by atoms with Crippen LogP contribution in [0.5, 0.6) is 0 Å². The van der Waals surface area contributed by atoms with Gasteiger partial charge >= 0.3 is 0 Å². The molecule has 50 heavy (non-hydrogen) atoms. The lowest BCUT2D eigenvalue weighted by Gasteiger charge is -2.10. The molecule has 0 N–H and O–H groups in total. The summed E-state index contributed by atoms with van der Waals surface area (Å²) in [5.41, 5.74) is 9.05. The SMILES string of the molecule is c1ccc(-n2ccc3cc4c(cc32)c2ccccc2n4-c2cnc(-n3c4ccccc4c4cc5c(ccn5-c5ccccc5)cc43)cn2)cc1. The van der Waals surface area contributed by atoms with Crippen molar-refractivity contribution in [1.29, 1.82) is 0 Å². The molecule has 11 rings (SSSR count). The molecule has 0 saturated heterocycles. The van der Waals surface area contributed by atoms with Crippen LogP contribution in [0.2, 0.25) is 0 Å². The largest absolute Gasteiger partial charge is 0.317 e. The van der Waals surface area contributed by atoms with Crippen molar-refractivity contribution in [2.75, 3.05) is 0 Å². The topological polar surface area (TPSA) is 45.5 Å². The summed E-state index contributed by atoms with van der Waals surface area (Å²) in [5.74, 6) is 1.56. The van der Waals surface area contributed by atoms with E-state index in [9.17, 15) is 0 Å². The van der Waals surface area contributed by atoms with Crippen LogP contribution in [0.1, 0.15) is 0 Å². The third kappa shape index (κ3) is 3.84. The molecule has 11 aromatic rings. The smallest absolute Gasteiger partial charge is 0.156 e. The van der Waals surface area contributed by atoms with Crippen molar-refractivity contribution in [3.63, 3.8) is 0 Å². The zero-order valence-electron chi connectivity index (χ0n) is 26.8. The molecule has 0 unspecified atom stereocenters. The third-order valence-corrected chi connectivity index (χ3v) is 10.1. The molecule has 5 aromatic heterocycles. The number of rotatable bonds is 4. The predicted octanol–water partition coefficient (Wildman–Crippen LogP) is 10.6. The van der Waals surface area contributed by atoms with Crippen molar-refractivity contribution >= 4 is 65.4 Å². The first-order valence-electron chi connectivity index (χ1n) is 16.8. The van der Waals surface area contributed by atoms with Crippen molar-refractivity contribution in [2.24, 2.45) is 0 Å². The predicted molar refractivity (Wildman–Crippen MR) is 204 cm³/mol. The van der Waals surface area contributed by atoms with E-state index in [0.29, 0.717) is 0 Å². The Hall–Kier alpha value is -6.92. The van der Waals surface area contributed by atoms with Crippen molar-refractivity contribution in [1.82, 2.24) is 28.2 Å². The lowest BCUT2D eigenvalue weighted by Crippen LogP contribution is -2.03. The van der Waals surface area contributed by atoms with E-state index in [1.807, 2.05) is 12.4 Å². The van der Waals surface area contributed by atoms with E-state index in [1.165, 1.54) is 43.4 Å². The highest BCUT2D eigenvalue weighted by Gasteiger charge is 2.19. The molecule has 0 aliphatic heterocycles.